The standard InChI is InChI=1S/C5H10BN3O2/c1-3-4(6(10)11-2)5(7)9-8-3/h10H,1-2H3,(H3,7,8,9). The van der Waals surface area contributed by atoms with E-state index in [2.05, 4.69) is 14.9 Å². The topological polar surface area (TPSA) is 84.2 Å². The van der Waals surface area contributed by atoms with Crippen LogP contribution in [0.5, 0.6) is 0 Å². The lowest BCUT2D eigenvalue weighted by molar-refractivity contribution is 0.341. The maximum atomic E-state index is 9.22. The third-order valence-electron chi connectivity index (χ3n) is 1.49. The van der Waals surface area contributed by atoms with Crippen LogP contribution in [-0.2, 0) is 4.65 Å². The Hall–Kier alpha value is -1.01. The molecule has 5 nitrogen and oxygen atoms in total. The van der Waals surface area contributed by atoms with Crippen molar-refractivity contribution in [3.63, 3.8) is 0 Å². The predicted molar refractivity (Wildman–Crippen MR) is 42.4 cm³/mol. The number of nitrogen functional groups attached to an aromatic ring is 1. The molecule has 0 fully saturated rings. The second-order valence-corrected chi connectivity index (χ2v) is 2.24. The highest BCUT2D eigenvalue weighted by Crippen LogP contribution is 1.97. The summed E-state index contributed by atoms with van der Waals surface area (Å²) >= 11 is 0. The summed E-state index contributed by atoms with van der Waals surface area (Å²) in [6.45, 7) is 1.76. The van der Waals surface area contributed by atoms with Gasteiger partial charge in [0, 0.05) is 18.3 Å². The third-order valence-corrected chi connectivity index (χ3v) is 1.49. The average Bonchev–Trinajstić information content (AvgIpc) is 2.30. The van der Waals surface area contributed by atoms with Gasteiger partial charge in [-0.1, -0.05) is 0 Å². The lowest BCUT2D eigenvalue weighted by Crippen LogP contribution is -2.35. The van der Waals surface area contributed by atoms with Gasteiger partial charge in [-0.3, -0.25) is 5.10 Å². The summed E-state index contributed by atoms with van der Waals surface area (Å²) in [5.41, 5.74) is 6.66. The molecule has 0 spiro atoms. The number of aryl methyl sites for hydroxylation is 1. The van der Waals surface area contributed by atoms with Crippen molar-refractivity contribution in [2.45, 2.75) is 6.92 Å². The molecule has 0 aliphatic rings. The predicted octanol–water partition coefficient (Wildman–Crippen LogP) is -1.37. The molecule has 0 aliphatic carbocycles. The third kappa shape index (κ3) is 1.36. The van der Waals surface area contributed by atoms with E-state index in [1.807, 2.05) is 0 Å². The summed E-state index contributed by atoms with van der Waals surface area (Å²) in [7, 11) is 0.407. The van der Waals surface area contributed by atoms with E-state index in [1.54, 1.807) is 6.92 Å². The molecule has 1 aromatic heterocycles. The van der Waals surface area contributed by atoms with Crippen LogP contribution < -0.4 is 11.2 Å². The molecule has 0 saturated carbocycles. The van der Waals surface area contributed by atoms with Crippen LogP contribution in [0.2, 0.25) is 0 Å². The van der Waals surface area contributed by atoms with Crippen LogP contribution in [0.3, 0.4) is 0 Å². The fraction of sp³-hybridized carbons (Fsp3) is 0.400. The number of nitrogens with one attached hydrogen (secondary N) is 1. The van der Waals surface area contributed by atoms with Crippen molar-refractivity contribution < 1.29 is 9.68 Å². The molecule has 60 valence electrons. The Morgan fingerprint density at radius 2 is 2.36 bits per heavy atom. The number of hydrogen-bond donors (Lipinski definition) is 3. The van der Waals surface area contributed by atoms with Crippen LogP contribution in [0.15, 0.2) is 0 Å². The summed E-state index contributed by atoms with van der Waals surface area (Å²) in [5.74, 6) is 0.275. The van der Waals surface area contributed by atoms with Gasteiger partial charge in [0.1, 0.15) is 5.82 Å². The molecule has 0 saturated heterocycles. The summed E-state index contributed by atoms with van der Waals surface area (Å²) in [4.78, 5) is 0. The van der Waals surface area contributed by atoms with Gasteiger partial charge in [-0.25, -0.2) is 0 Å². The van der Waals surface area contributed by atoms with E-state index in [0.29, 0.717) is 5.46 Å². The smallest absolute Gasteiger partial charge is 0.423 e. The molecule has 0 radical (unpaired) electrons. The Balaban J connectivity index is 3.00. The Morgan fingerprint density at radius 3 is 2.73 bits per heavy atom. The van der Waals surface area contributed by atoms with E-state index in [0.717, 1.165) is 5.69 Å². The fourth-order valence-corrected chi connectivity index (χ4v) is 0.886. The van der Waals surface area contributed by atoms with Crippen LogP contribution in [0, 0.1) is 6.92 Å². The van der Waals surface area contributed by atoms with E-state index >= 15 is 0 Å². The molecule has 11 heavy (non-hydrogen) atoms. The van der Waals surface area contributed by atoms with Gasteiger partial charge in [-0.15, -0.1) is 0 Å². The number of anilines is 1. The molecular weight excluding hydrogens is 145 g/mol. The van der Waals surface area contributed by atoms with Crippen LogP contribution in [0.1, 0.15) is 5.69 Å². The number of H-pyrrole nitrogens is 1. The van der Waals surface area contributed by atoms with Gasteiger partial charge < -0.3 is 15.4 Å². The zero-order valence-electron chi connectivity index (χ0n) is 6.46. The highest BCUT2D eigenvalue weighted by atomic mass is 16.5. The fourth-order valence-electron chi connectivity index (χ4n) is 0.886. The van der Waals surface area contributed by atoms with Crippen LogP contribution in [0.4, 0.5) is 5.82 Å². The molecular formula is C5H10BN3O2. The summed E-state index contributed by atoms with van der Waals surface area (Å²) in [6, 6.07) is 0. The number of nitrogens with zero attached hydrogens (tertiary/aromatic N) is 1. The van der Waals surface area contributed by atoms with Crippen molar-refractivity contribution in [3.8, 4) is 0 Å². The summed E-state index contributed by atoms with van der Waals surface area (Å²) < 4.78 is 4.67. The lowest BCUT2D eigenvalue weighted by atomic mass is 9.79. The first-order chi connectivity index (χ1) is 5.16. The first kappa shape index (κ1) is 8.09. The van der Waals surface area contributed by atoms with E-state index in [9.17, 15) is 5.02 Å². The molecule has 0 atom stereocenters. The van der Waals surface area contributed by atoms with Crippen LogP contribution in [-0.4, -0.2) is 29.4 Å². The van der Waals surface area contributed by atoms with Gasteiger partial charge in [0.2, 0.25) is 0 Å². The second-order valence-electron chi connectivity index (χ2n) is 2.24. The van der Waals surface area contributed by atoms with Gasteiger partial charge in [0.05, 0.1) is 0 Å². The molecule has 1 heterocycles. The minimum atomic E-state index is -0.992. The molecule has 0 aliphatic heterocycles. The largest absolute Gasteiger partial charge is 0.496 e. The molecule has 1 rings (SSSR count). The van der Waals surface area contributed by atoms with Crippen LogP contribution in [0.25, 0.3) is 0 Å². The molecule has 0 bridgehead atoms. The van der Waals surface area contributed by atoms with Gasteiger partial charge in [0.25, 0.3) is 0 Å². The van der Waals surface area contributed by atoms with Gasteiger partial charge in [-0.05, 0) is 6.92 Å². The van der Waals surface area contributed by atoms with Crippen LogP contribution >= 0.6 is 0 Å². The summed E-state index contributed by atoms with van der Waals surface area (Å²) in [5, 5.41) is 15.6. The van der Waals surface area contributed by atoms with Gasteiger partial charge in [0.15, 0.2) is 0 Å². The van der Waals surface area contributed by atoms with E-state index in [-0.39, 0.29) is 5.82 Å². The maximum Gasteiger partial charge on any atom is 0.496 e. The minimum absolute atomic E-state index is 0.275. The number of aromatic amines is 1. The Labute approximate surface area is 64.7 Å². The number of rotatable bonds is 2. The molecule has 6 heteroatoms. The van der Waals surface area contributed by atoms with Gasteiger partial charge >= 0.3 is 7.12 Å². The average molecular weight is 155 g/mol. The zero-order chi connectivity index (χ0) is 8.43. The van der Waals surface area contributed by atoms with Crippen molar-refractivity contribution in [2.75, 3.05) is 12.8 Å². The first-order valence-electron chi connectivity index (χ1n) is 3.18. The van der Waals surface area contributed by atoms with Crippen molar-refractivity contribution in [1.29, 1.82) is 0 Å². The van der Waals surface area contributed by atoms with Crippen molar-refractivity contribution in [1.82, 2.24) is 10.2 Å². The molecule has 0 amide bonds. The Morgan fingerprint density at radius 1 is 1.73 bits per heavy atom. The van der Waals surface area contributed by atoms with Crippen molar-refractivity contribution >= 4 is 18.4 Å². The van der Waals surface area contributed by atoms with Crippen molar-refractivity contribution in [3.05, 3.63) is 5.69 Å². The zero-order valence-corrected chi connectivity index (χ0v) is 6.46. The SMILES string of the molecule is COB(O)c1c(N)n[nH]c1C. The summed E-state index contributed by atoms with van der Waals surface area (Å²) in [6.07, 6.45) is 0. The maximum absolute atomic E-state index is 9.22. The molecule has 4 N–H and O–H groups in total. The molecule has 1 aromatic rings. The van der Waals surface area contributed by atoms with Crippen molar-refractivity contribution in [2.24, 2.45) is 0 Å². The quantitative estimate of drug-likeness (QED) is 0.460. The molecule has 0 unspecified atom stereocenters. The number of nitrogens with two attached hydrogens (primary N) is 1. The van der Waals surface area contributed by atoms with E-state index in [1.165, 1.54) is 7.11 Å². The monoisotopic (exact) mass is 155 g/mol. The normalized spacial score (nSPS) is 10.1. The Bertz CT molecular complexity index is 230. The highest BCUT2D eigenvalue weighted by Gasteiger charge is 2.22. The minimum Gasteiger partial charge on any atom is -0.423 e. The lowest BCUT2D eigenvalue weighted by Gasteiger charge is -2.01. The van der Waals surface area contributed by atoms with E-state index in [4.69, 9.17) is 5.73 Å². The number of aromatic nitrogens is 2. The molecule has 0 aromatic carbocycles. The first-order valence-corrected chi connectivity index (χ1v) is 3.18. The number of hydrogen-bond acceptors (Lipinski definition) is 4. The van der Waals surface area contributed by atoms with E-state index < -0.39 is 7.12 Å². The second kappa shape index (κ2) is 2.94. The Kier molecular flexibility index (Phi) is 2.16. The van der Waals surface area contributed by atoms with Gasteiger partial charge in [-0.2, -0.15) is 5.10 Å². The highest BCUT2D eigenvalue weighted by molar-refractivity contribution is 6.62.